The Labute approximate surface area is 254 Å². The number of benzene rings is 2. The molecular formula is C34H37F3N2O5. The van der Waals surface area contributed by atoms with Crippen LogP contribution in [-0.4, -0.2) is 74.2 Å². The molecule has 7 aliphatic rings. The van der Waals surface area contributed by atoms with Gasteiger partial charge < -0.3 is 23.8 Å². The molecule has 1 saturated heterocycles. The molecule has 9 rings (SSSR count). The lowest BCUT2D eigenvalue weighted by molar-refractivity contribution is -0.274. The van der Waals surface area contributed by atoms with Crippen LogP contribution in [0.4, 0.5) is 13.2 Å². The number of alkyl halides is 3. The van der Waals surface area contributed by atoms with E-state index in [0.29, 0.717) is 23.3 Å². The first kappa shape index (κ1) is 28.2. The topological polar surface area (TPSA) is 60.5 Å². The van der Waals surface area contributed by atoms with Gasteiger partial charge in [0.15, 0.2) is 11.5 Å². The van der Waals surface area contributed by atoms with Gasteiger partial charge in [-0.25, -0.2) is 0 Å². The zero-order valence-electron chi connectivity index (χ0n) is 25.2. The Morgan fingerprint density at radius 3 is 2.68 bits per heavy atom. The normalized spacial score (nSPS) is 32.9. The second kappa shape index (κ2) is 9.39. The number of methoxy groups -OCH3 is 2. The predicted octanol–water partition coefficient (Wildman–Crippen LogP) is 5.40. The van der Waals surface area contributed by atoms with Gasteiger partial charge in [-0.2, -0.15) is 0 Å². The molecular weight excluding hydrogens is 573 g/mol. The Bertz CT molecular complexity index is 1570. The van der Waals surface area contributed by atoms with Crippen LogP contribution in [-0.2, 0) is 27.9 Å². The number of rotatable bonds is 8. The molecule has 2 aliphatic heterocycles. The van der Waals surface area contributed by atoms with E-state index in [-0.39, 0.29) is 35.1 Å². The number of hydrogen-bond donors (Lipinski definition) is 0. The SMILES string of the molecule is COc1ccc2c3c1O[C@@H]1[C@]34CCN(CC3CC3)[C@H](C2)[C@@]42C=C(C(=O)N(C)Cc3cccc(OC(F)(F)F)c3)[C@]1(OC)CC2. The number of likely N-dealkylation sites (tertiary alicyclic amines) is 1. The molecule has 10 heteroatoms. The fourth-order valence-corrected chi connectivity index (χ4v) is 9.64. The van der Waals surface area contributed by atoms with Gasteiger partial charge in [0.05, 0.1) is 12.5 Å². The molecule has 0 aromatic heterocycles. The fraction of sp³-hybridized carbons (Fsp3) is 0.559. The van der Waals surface area contributed by atoms with Crippen LogP contribution in [0.3, 0.4) is 0 Å². The summed E-state index contributed by atoms with van der Waals surface area (Å²) in [6.45, 7) is 2.17. The number of hydrogen-bond acceptors (Lipinski definition) is 6. The maximum absolute atomic E-state index is 14.5. The minimum atomic E-state index is -4.79. The molecule has 5 atom stereocenters. The fourth-order valence-electron chi connectivity index (χ4n) is 9.64. The number of fused-ring (bicyclic) bond motifs is 1. The summed E-state index contributed by atoms with van der Waals surface area (Å²) in [5.74, 6) is 1.72. The first-order valence-corrected chi connectivity index (χ1v) is 15.5. The molecule has 1 amide bonds. The van der Waals surface area contributed by atoms with Crippen molar-refractivity contribution in [2.45, 2.75) is 74.6 Å². The molecule has 2 aromatic rings. The largest absolute Gasteiger partial charge is 0.573 e. The molecule has 7 nitrogen and oxygen atoms in total. The minimum Gasteiger partial charge on any atom is -0.493 e. The van der Waals surface area contributed by atoms with Gasteiger partial charge in [0.1, 0.15) is 17.5 Å². The van der Waals surface area contributed by atoms with Gasteiger partial charge in [-0.15, -0.1) is 13.2 Å². The number of likely N-dealkylation sites (N-methyl/N-ethyl adjacent to an activating group) is 1. The Morgan fingerprint density at radius 2 is 1.95 bits per heavy atom. The Morgan fingerprint density at radius 1 is 1.14 bits per heavy atom. The van der Waals surface area contributed by atoms with E-state index in [2.05, 4.69) is 21.8 Å². The molecule has 5 aliphatic carbocycles. The average molecular weight is 611 g/mol. The van der Waals surface area contributed by atoms with Gasteiger partial charge in [0, 0.05) is 49.8 Å². The predicted molar refractivity (Wildman–Crippen MR) is 155 cm³/mol. The number of ether oxygens (including phenoxy) is 4. The van der Waals surface area contributed by atoms with Crippen LogP contribution in [0, 0.1) is 11.3 Å². The summed E-state index contributed by atoms with van der Waals surface area (Å²) < 4.78 is 62.0. The molecule has 0 unspecified atom stereocenters. The number of nitrogens with zero attached hydrogens (tertiary/aromatic N) is 2. The Balaban J connectivity index is 1.22. The highest BCUT2D eigenvalue weighted by Gasteiger charge is 2.79. The second-order valence-corrected chi connectivity index (χ2v) is 13.6. The van der Waals surface area contributed by atoms with E-state index in [1.807, 2.05) is 6.07 Å². The van der Waals surface area contributed by atoms with E-state index in [9.17, 15) is 18.0 Å². The number of halogens is 3. The van der Waals surface area contributed by atoms with Crippen LogP contribution in [0.5, 0.6) is 17.2 Å². The molecule has 2 heterocycles. The summed E-state index contributed by atoms with van der Waals surface area (Å²) in [4.78, 5) is 18.7. The van der Waals surface area contributed by atoms with Crippen LogP contribution in [0.25, 0.3) is 0 Å². The highest BCUT2D eigenvalue weighted by molar-refractivity contribution is 5.97. The smallest absolute Gasteiger partial charge is 0.493 e. The maximum Gasteiger partial charge on any atom is 0.573 e. The van der Waals surface area contributed by atoms with Gasteiger partial charge in [-0.1, -0.05) is 24.3 Å². The first-order valence-electron chi connectivity index (χ1n) is 15.5. The van der Waals surface area contributed by atoms with E-state index >= 15 is 0 Å². The zero-order valence-corrected chi connectivity index (χ0v) is 25.2. The summed E-state index contributed by atoms with van der Waals surface area (Å²) in [5.41, 5.74) is 2.04. The highest BCUT2D eigenvalue weighted by atomic mass is 19.4. The van der Waals surface area contributed by atoms with Crippen molar-refractivity contribution in [1.82, 2.24) is 9.80 Å². The van der Waals surface area contributed by atoms with Crippen LogP contribution in [0.2, 0.25) is 0 Å². The van der Waals surface area contributed by atoms with Crippen LogP contribution < -0.4 is 14.2 Å². The van der Waals surface area contributed by atoms with Crippen molar-refractivity contribution in [3.05, 3.63) is 64.7 Å². The van der Waals surface area contributed by atoms with E-state index in [4.69, 9.17) is 14.2 Å². The van der Waals surface area contributed by atoms with Gasteiger partial charge in [0.2, 0.25) is 0 Å². The van der Waals surface area contributed by atoms with E-state index in [1.165, 1.54) is 42.2 Å². The van der Waals surface area contributed by atoms with Crippen molar-refractivity contribution in [3.8, 4) is 17.2 Å². The van der Waals surface area contributed by atoms with Crippen molar-refractivity contribution < 1.29 is 36.9 Å². The molecule has 234 valence electrons. The number of carbonyl (C=O) groups excluding carboxylic acids is 1. The van der Waals surface area contributed by atoms with Gasteiger partial charge >= 0.3 is 6.36 Å². The van der Waals surface area contributed by atoms with Crippen molar-refractivity contribution in [3.63, 3.8) is 0 Å². The quantitative estimate of drug-likeness (QED) is 0.399. The molecule has 44 heavy (non-hydrogen) atoms. The third-order valence-corrected chi connectivity index (χ3v) is 11.5. The Kier molecular flexibility index (Phi) is 6.03. The van der Waals surface area contributed by atoms with Crippen molar-refractivity contribution in [2.75, 3.05) is 34.4 Å². The summed E-state index contributed by atoms with van der Waals surface area (Å²) in [5, 5.41) is 0. The van der Waals surface area contributed by atoms with E-state index < -0.39 is 18.1 Å². The lowest BCUT2D eigenvalue weighted by Gasteiger charge is -2.70. The first-order chi connectivity index (χ1) is 21.0. The third kappa shape index (κ3) is 3.73. The van der Waals surface area contributed by atoms with Crippen molar-refractivity contribution >= 4 is 5.91 Å². The summed E-state index contributed by atoms with van der Waals surface area (Å²) in [6.07, 6.45) is 2.95. The minimum absolute atomic E-state index is 0.115. The van der Waals surface area contributed by atoms with E-state index in [1.54, 1.807) is 32.2 Å². The lowest BCUT2D eigenvalue weighted by Crippen LogP contribution is -2.78. The lowest BCUT2D eigenvalue weighted by atomic mass is 9.37. The molecule has 2 saturated carbocycles. The molecule has 3 fully saturated rings. The third-order valence-electron chi connectivity index (χ3n) is 11.5. The van der Waals surface area contributed by atoms with Crippen molar-refractivity contribution in [2.24, 2.45) is 11.3 Å². The molecule has 0 radical (unpaired) electrons. The number of amides is 1. The highest BCUT2D eigenvalue weighted by Crippen LogP contribution is 2.75. The number of piperidine rings is 1. The molecule has 2 aromatic carbocycles. The second-order valence-electron chi connectivity index (χ2n) is 13.6. The molecule has 0 N–H and O–H groups in total. The van der Waals surface area contributed by atoms with Crippen LogP contribution in [0.15, 0.2) is 48.0 Å². The van der Waals surface area contributed by atoms with Gasteiger partial charge in [-0.05, 0) is 80.3 Å². The van der Waals surface area contributed by atoms with Crippen LogP contribution >= 0.6 is 0 Å². The monoisotopic (exact) mass is 610 g/mol. The summed E-state index contributed by atoms with van der Waals surface area (Å²) in [7, 11) is 5.02. The average Bonchev–Trinajstić information content (AvgIpc) is 3.74. The van der Waals surface area contributed by atoms with Gasteiger partial charge in [-0.3, -0.25) is 9.69 Å². The van der Waals surface area contributed by atoms with Crippen molar-refractivity contribution in [1.29, 1.82) is 0 Å². The van der Waals surface area contributed by atoms with Crippen LogP contribution in [0.1, 0.15) is 48.8 Å². The van der Waals surface area contributed by atoms with E-state index in [0.717, 1.165) is 44.0 Å². The zero-order chi connectivity index (χ0) is 30.6. The summed E-state index contributed by atoms with van der Waals surface area (Å²) >= 11 is 0. The van der Waals surface area contributed by atoms with Gasteiger partial charge in [0.25, 0.3) is 5.91 Å². The summed E-state index contributed by atoms with van der Waals surface area (Å²) in [6, 6.07) is 10.2. The molecule has 4 bridgehead atoms. The number of carbonyl (C=O) groups is 1. The molecule has 2 spiro atoms. The standard InChI is InChI=1S/C34H37F3N2O5/c1-38(18-21-5-4-6-23(15-21)44-34(35,36)37)29(40)24-17-31-11-12-33(24,42-3)30-32(31)13-14-39(19-20-7-8-20)26(31)16-22-9-10-25(41-2)28(43-30)27(22)32/h4-6,9-10,15,17,20,26,30H,7-8,11-14,16,18-19H2,1-3H3/t26-,30-,31-,32+,33-/m1/s1. The Hall–Kier alpha value is -3.24. The maximum atomic E-state index is 14.5.